The van der Waals surface area contributed by atoms with Crippen molar-refractivity contribution >= 4 is 39.9 Å². The zero-order valence-electron chi connectivity index (χ0n) is 14.7. The van der Waals surface area contributed by atoms with Crippen molar-refractivity contribution < 1.29 is 14.3 Å². The Bertz CT molecular complexity index is 1010. The summed E-state index contributed by atoms with van der Waals surface area (Å²) < 4.78 is 13.2. The van der Waals surface area contributed by atoms with Gasteiger partial charge in [-0.15, -0.1) is 11.3 Å². The molecule has 0 bridgehead atoms. The first-order valence-electron chi connectivity index (χ1n) is 8.63. The number of hydrogen-bond acceptors (Lipinski definition) is 5. The van der Waals surface area contributed by atoms with Gasteiger partial charge in [-0.05, 0) is 19.1 Å². The number of carbonyl (C=O) groups is 1. The van der Waals surface area contributed by atoms with Gasteiger partial charge in [0.2, 0.25) is 5.91 Å². The largest absolute Gasteiger partial charge is 0.486 e. The molecule has 2 aromatic heterocycles. The van der Waals surface area contributed by atoms with Crippen LogP contribution in [-0.4, -0.2) is 40.0 Å². The summed E-state index contributed by atoms with van der Waals surface area (Å²) in [6, 6.07) is 5.75. The molecule has 140 valence electrons. The number of fused-ring (bicyclic) bond motifs is 2. The fourth-order valence-corrected chi connectivity index (χ4v) is 4.00. The standard InChI is InChI=1S/C19H18ClN3O3S/c1-2-22(12-13-4-3-5-15-17(13)26-10-9-25-15)16(24)7-6-14-18(20)21-19-23(14)8-11-27-19/h3-8,11H,2,9-10,12H2,1H3/b7-6+. The molecule has 0 saturated heterocycles. The Morgan fingerprint density at radius 3 is 3.11 bits per heavy atom. The second-order valence-corrected chi connectivity index (χ2v) is 7.20. The van der Waals surface area contributed by atoms with Gasteiger partial charge in [-0.25, -0.2) is 4.98 Å². The maximum atomic E-state index is 12.7. The smallest absolute Gasteiger partial charge is 0.246 e. The average molecular weight is 404 g/mol. The highest BCUT2D eigenvalue weighted by molar-refractivity contribution is 7.15. The second kappa shape index (κ2) is 7.62. The molecule has 3 aromatic rings. The lowest BCUT2D eigenvalue weighted by atomic mass is 10.1. The molecule has 0 fully saturated rings. The van der Waals surface area contributed by atoms with Gasteiger partial charge < -0.3 is 14.4 Å². The molecule has 3 heterocycles. The number of thiazole rings is 1. The van der Waals surface area contributed by atoms with Crippen LogP contribution in [-0.2, 0) is 11.3 Å². The summed E-state index contributed by atoms with van der Waals surface area (Å²) in [6.45, 7) is 4.02. The number of likely N-dealkylation sites (N-methyl/N-ethyl adjacent to an activating group) is 1. The lowest BCUT2D eigenvalue weighted by molar-refractivity contribution is -0.126. The molecule has 0 N–H and O–H groups in total. The lowest BCUT2D eigenvalue weighted by Crippen LogP contribution is -2.29. The highest BCUT2D eigenvalue weighted by Crippen LogP contribution is 2.34. The van der Waals surface area contributed by atoms with Crippen molar-refractivity contribution in [2.75, 3.05) is 19.8 Å². The highest BCUT2D eigenvalue weighted by Gasteiger charge is 2.19. The van der Waals surface area contributed by atoms with E-state index in [9.17, 15) is 4.79 Å². The van der Waals surface area contributed by atoms with Crippen molar-refractivity contribution in [3.8, 4) is 11.5 Å². The first-order valence-corrected chi connectivity index (χ1v) is 9.88. The van der Waals surface area contributed by atoms with Crippen LogP contribution >= 0.6 is 22.9 Å². The maximum Gasteiger partial charge on any atom is 0.246 e. The number of amides is 1. The van der Waals surface area contributed by atoms with Crippen molar-refractivity contribution in [1.29, 1.82) is 0 Å². The van der Waals surface area contributed by atoms with Crippen LogP contribution in [0.25, 0.3) is 11.0 Å². The highest BCUT2D eigenvalue weighted by atomic mass is 35.5. The third kappa shape index (κ3) is 3.52. The van der Waals surface area contributed by atoms with E-state index in [2.05, 4.69) is 4.98 Å². The van der Waals surface area contributed by atoms with Crippen molar-refractivity contribution in [3.63, 3.8) is 0 Å². The topological polar surface area (TPSA) is 56.1 Å². The van der Waals surface area contributed by atoms with Crippen molar-refractivity contribution in [2.24, 2.45) is 0 Å². The van der Waals surface area contributed by atoms with Gasteiger partial charge >= 0.3 is 0 Å². The molecule has 27 heavy (non-hydrogen) atoms. The van der Waals surface area contributed by atoms with Crippen molar-refractivity contribution in [1.82, 2.24) is 14.3 Å². The van der Waals surface area contributed by atoms with Crippen LogP contribution in [0, 0.1) is 0 Å². The first kappa shape index (κ1) is 17.9. The number of aromatic nitrogens is 2. The van der Waals surface area contributed by atoms with E-state index in [1.165, 1.54) is 17.4 Å². The number of hydrogen-bond donors (Lipinski definition) is 0. The predicted octanol–water partition coefficient (Wildman–Crippen LogP) is 3.88. The van der Waals surface area contributed by atoms with Crippen molar-refractivity contribution in [3.05, 3.63) is 52.3 Å². The van der Waals surface area contributed by atoms with Crippen LogP contribution in [0.2, 0.25) is 5.15 Å². The van der Waals surface area contributed by atoms with Gasteiger partial charge in [0.25, 0.3) is 0 Å². The van der Waals surface area contributed by atoms with Gasteiger partial charge in [-0.1, -0.05) is 23.7 Å². The van der Waals surface area contributed by atoms with Gasteiger partial charge in [0.1, 0.15) is 13.2 Å². The van der Waals surface area contributed by atoms with E-state index in [1.54, 1.807) is 11.0 Å². The molecule has 0 radical (unpaired) electrons. The molecule has 1 aliphatic rings. The van der Waals surface area contributed by atoms with Gasteiger partial charge in [-0.2, -0.15) is 0 Å². The SMILES string of the molecule is CCN(Cc1cccc2c1OCCO2)C(=O)/C=C/c1c(Cl)nc2sccn12. The Balaban J connectivity index is 1.54. The molecule has 0 saturated carbocycles. The number of benzene rings is 1. The normalized spacial score (nSPS) is 13.4. The van der Waals surface area contributed by atoms with Gasteiger partial charge in [0.15, 0.2) is 21.6 Å². The maximum absolute atomic E-state index is 12.7. The first-order chi connectivity index (χ1) is 13.2. The van der Waals surface area contributed by atoms with Gasteiger partial charge in [-0.3, -0.25) is 9.20 Å². The number of halogens is 1. The Labute approximate surface area is 165 Å². The minimum atomic E-state index is -0.104. The Morgan fingerprint density at radius 1 is 1.41 bits per heavy atom. The Morgan fingerprint density at radius 2 is 2.26 bits per heavy atom. The molecular weight excluding hydrogens is 386 g/mol. The number of imidazole rings is 1. The molecular formula is C19H18ClN3O3S. The number of ether oxygens (including phenoxy) is 2. The van der Waals surface area contributed by atoms with E-state index in [0.29, 0.717) is 37.2 Å². The van der Waals surface area contributed by atoms with Gasteiger partial charge in [0, 0.05) is 36.3 Å². The van der Waals surface area contributed by atoms with Crippen LogP contribution in [0.1, 0.15) is 18.2 Å². The van der Waals surface area contributed by atoms with Crippen molar-refractivity contribution in [2.45, 2.75) is 13.5 Å². The minimum absolute atomic E-state index is 0.104. The number of nitrogens with zero attached hydrogens (tertiary/aromatic N) is 3. The molecule has 4 rings (SSSR count). The molecule has 0 unspecified atom stereocenters. The third-order valence-electron chi connectivity index (χ3n) is 4.34. The van der Waals surface area contributed by atoms with Gasteiger partial charge in [0.05, 0.1) is 5.69 Å². The second-order valence-electron chi connectivity index (χ2n) is 5.97. The molecule has 1 aromatic carbocycles. The predicted molar refractivity (Wildman–Crippen MR) is 106 cm³/mol. The molecule has 6 nitrogen and oxygen atoms in total. The summed E-state index contributed by atoms with van der Waals surface area (Å²) in [7, 11) is 0. The summed E-state index contributed by atoms with van der Waals surface area (Å²) >= 11 is 7.68. The molecule has 1 amide bonds. The number of rotatable bonds is 5. The fraction of sp³-hybridized carbons (Fsp3) is 0.263. The summed E-state index contributed by atoms with van der Waals surface area (Å²) in [5.41, 5.74) is 1.63. The zero-order chi connectivity index (χ0) is 18.8. The van der Waals surface area contributed by atoms with E-state index < -0.39 is 0 Å². The third-order valence-corrected chi connectivity index (χ3v) is 5.38. The van der Waals surface area contributed by atoms with Crippen LogP contribution in [0.3, 0.4) is 0 Å². The summed E-state index contributed by atoms with van der Waals surface area (Å²) in [5.74, 6) is 1.34. The Kier molecular flexibility index (Phi) is 5.05. The average Bonchev–Trinajstić information content (AvgIpc) is 3.25. The molecule has 0 aliphatic carbocycles. The summed E-state index contributed by atoms with van der Waals surface area (Å²) in [5, 5.41) is 2.31. The Hall–Kier alpha value is -2.51. The zero-order valence-corrected chi connectivity index (χ0v) is 16.3. The monoisotopic (exact) mass is 403 g/mol. The fourth-order valence-electron chi connectivity index (χ4n) is 2.99. The molecule has 0 atom stereocenters. The van der Waals surface area contributed by atoms with Crippen LogP contribution in [0.5, 0.6) is 11.5 Å². The summed E-state index contributed by atoms with van der Waals surface area (Å²) in [6.07, 6.45) is 5.12. The minimum Gasteiger partial charge on any atom is -0.486 e. The van der Waals surface area contributed by atoms with E-state index >= 15 is 0 Å². The van der Waals surface area contributed by atoms with Crippen LogP contribution < -0.4 is 9.47 Å². The van der Waals surface area contributed by atoms with E-state index in [-0.39, 0.29) is 5.91 Å². The van der Waals surface area contributed by atoms with Crippen LogP contribution in [0.15, 0.2) is 35.9 Å². The number of carbonyl (C=O) groups excluding carboxylic acids is 1. The van der Waals surface area contributed by atoms with E-state index in [0.717, 1.165) is 22.0 Å². The molecule has 0 spiro atoms. The number of para-hydroxylation sites is 1. The van der Waals surface area contributed by atoms with Crippen LogP contribution in [0.4, 0.5) is 0 Å². The summed E-state index contributed by atoms with van der Waals surface area (Å²) in [4.78, 5) is 19.5. The lowest BCUT2D eigenvalue weighted by Gasteiger charge is -2.24. The molecule has 8 heteroatoms. The van der Waals surface area contributed by atoms with E-state index in [1.807, 2.05) is 41.1 Å². The quantitative estimate of drug-likeness (QED) is 0.606. The molecule has 1 aliphatic heterocycles. The van der Waals surface area contributed by atoms with E-state index in [4.69, 9.17) is 21.1 Å².